The Kier molecular flexibility index (Phi) is 7.28. The van der Waals surface area contributed by atoms with Gasteiger partial charge in [0.15, 0.2) is 11.6 Å². The summed E-state index contributed by atoms with van der Waals surface area (Å²) in [5.41, 5.74) is 1.92. The summed E-state index contributed by atoms with van der Waals surface area (Å²) >= 11 is 6.77. The van der Waals surface area contributed by atoms with Gasteiger partial charge in [0.1, 0.15) is 17.8 Å². The Morgan fingerprint density at radius 1 is 1.08 bits per heavy atom. The number of hydrogen-bond acceptors (Lipinski definition) is 9. The van der Waals surface area contributed by atoms with E-state index in [1.165, 1.54) is 17.0 Å². The van der Waals surface area contributed by atoms with Gasteiger partial charge in [-0.15, -0.1) is 0 Å². The molecule has 0 unspecified atom stereocenters. The second-order valence-electron chi connectivity index (χ2n) is 10.5. The SMILES string of the molecule is CC(C)c1ncnc(C(C)C)c1-n1c2c(c(N3CCNC[C@@H]3C)nc1=O)C=C(Cl)C(=C1C=CC=CC1=O)N2O. The van der Waals surface area contributed by atoms with Crippen molar-refractivity contribution in [1.29, 1.82) is 0 Å². The molecule has 0 bridgehead atoms. The van der Waals surface area contributed by atoms with Gasteiger partial charge in [-0.2, -0.15) is 4.98 Å². The lowest BCUT2D eigenvalue weighted by atomic mass is 9.99. The molecule has 0 amide bonds. The van der Waals surface area contributed by atoms with Crippen LogP contribution in [-0.2, 0) is 4.79 Å². The van der Waals surface area contributed by atoms with E-state index >= 15 is 0 Å². The molecule has 2 aromatic rings. The molecule has 0 spiro atoms. The molecular weight excluding hydrogens is 518 g/mol. The lowest BCUT2D eigenvalue weighted by Gasteiger charge is -2.38. The number of rotatable bonds is 4. The van der Waals surface area contributed by atoms with E-state index in [1.807, 2.05) is 39.5 Å². The average Bonchev–Trinajstić information content (AvgIpc) is 2.89. The minimum absolute atomic E-state index is 0.0372. The lowest BCUT2D eigenvalue weighted by Crippen LogP contribution is -2.51. The van der Waals surface area contributed by atoms with Crippen molar-refractivity contribution in [3.8, 4) is 5.69 Å². The van der Waals surface area contributed by atoms with Crippen LogP contribution < -0.4 is 21.0 Å². The van der Waals surface area contributed by atoms with Crippen LogP contribution in [0.4, 0.5) is 11.6 Å². The Labute approximate surface area is 232 Å². The molecule has 0 radical (unpaired) electrons. The molecule has 1 atom stereocenters. The van der Waals surface area contributed by atoms with Gasteiger partial charge in [0, 0.05) is 31.2 Å². The fraction of sp³-hybridized carbons (Fsp3) is 0.393. The first-order chi connectivity index (χ1) is 18.6. The van der Waals surface area contributed by atoms with E-state index in [-0.39, 0.29) is 45.8 Å². The van der Waals surface area contributed by atoms with E-state index in [2.05, 4.69) is 20.3 Å². The summed E-state index contributed by atoms with van der Waals surface area (Å²) < 4.78 is 1.36. The van der Waals surface area contributed by atoms with Crippen LogP contribution in [0.2, 0.25) is 0 Å². The van der Waals surface area contributed by atoms with Crippen LogP contribution in [0.25, 0.3) is 11.8 Å². The van der Waals surface area contributed by atoms with Crippen molar-refractivity contribution >= 4 is 35.1 Å². The molecule has 39 heavy (non-hydrogen) atoms. The Balaban J connectivity index is 1.90. The molecule has 2 N–H and O–H groups in total. The van der Waals surface area contributed by atoms with Gasteiger partial charge in [0.25, 0.3) is 0 Å². The molecule has 3 aliphatic rings. The first-order valence-corrected chi connectivity index (χ1v) is 13.5. The zero-order chi connectivity index (χ0) is 28.0. The first kappa shape index (κ1) is 27.0. The molecule has 1 saturated heterocycles. The topological polar surface area (TPSA) is 116 Å². The van der Waals surface area contributed by atoms with Crippen molar-refractivity contribution < 1.29 is 10.0 Å². The number of carbonyl (C=O) groups is 1. The summed E-state index contributed by atoms with van der Waals surface area (Å²) in [6.07, 6.45) is 9.49. The first-order valence-electron chi connectivity index (χ1n) is 13.1. The molecule has 11 heteroatoms. The molecule has 0 saturated carbocycles. The minimum atomic E-state index is -0.590. The van der Waals surface area contributed by atoms with Gasteiger partial charge in [-0.05, 0) is 37.0 Å². The summed E-state index contributed by atoms with van der Waals surface area (Å²) in [7, 11) is 0. The number of aromatic nitrogens is 4. The van der Waals surface area contributed by atoms with Gasteiger partial charge in [-0.25, -0.2) is 24.4 Å². The summed E-state index contributed by atoms with van der Waals surface area (Å²) in [5.74, 6) is 0.125. The van der Waals surface area contributed by atoms with Crippen molar-refractivity contribution in [2.75, 3.05) is 29.6 Å². The van der Waals surface area contributed by atoms with Gasteiger partial charge < -0.3 is 10.2 Å². The smallest absolute Gasteiger partial charge is 0.351 e. The van der Waals surface area contributed by atoms with Gasteiger partial charge in [-0.1, -0.05) is 51.4 Å². The number of nitrogens with one attached hydrogen (secondary N) is 1. The number of fused-ring (bicyclic) bond motifs is 1. The van der Waals surface area contributed by atoms with Crippen LogP contribution >= 0.6 is 11.6 Å². The highest BCUT2D eigenvalue weighted by atomic mass is 35.5. The fourth-order valence-electron chi connectivity index (χ4n) is 5.21. The Bertz CT molecular complexity index is 1490. The van der Waals surface area contributed by atoms with Gasteiger partial charge in [0.2, 0.25) is 0 Å². The van der Waals surface area contributed by atoms with Crippen LogP contribution in [0.5, 0.6) is 0 Å². The Morgan fingerprint density at radius 3 is 2.36 bits per heavy atom. The molecule has 1 fully saturated rings. The predicted molar refractivity (Wildman–Crippen MR) is 152 cm³/mol. The second kappa shape index (κ2) is 10.5. The zero-order valence-corrected chi connectivity index (χ0v) is 23.4. The Hall–Kier alpha value is -3.60. The molecule has 1 aliphatic carbocycles. The number of carbonyl (C=O) groups excluding carboxylic acids is 1. The van der Waals surface area contributed by atoms with Crippen LogP contribution in [0, 0.1) is 0 Å². The van der Waals surface area contributed by atoms with E-state index in [1.54, 1.807) is 24.3 Å². The van der Waals surface area contributed by atoms with E-state index in [0.29, 0.717) is 48.1 Å². The molecule has 2 aromatic heterocycles. The van der Waals surface area contributed by atoms with Crippen molar-refractivity contribution in [3.63, 3.8) is 0 Å². The third kappa shape index (κ3) is 4.62. The van der Waals surface area contributed by atoms with Crippen molar-refractivity contribution in [2.45, 2.75) is 52.5 Å². The largest absolute Gasteiger partial charge is 0.355 e. The third-order valence-electron chi connectivity index (χ3n) is 7.11. The maximum Gasteiger partial charge on any atom is 0.355 e. The number of hydroxylamine groups is 1. The molecule has 204 valence electrons. The number of hydrogen-bond donors (Lipinski definition) is 2. The highest BCUT2D eigenvalue weighted by Crippen LogP contribution is 2.43. The van der Waals surface area contributed by atoms with Crippen LogP contribution in [0.15, 0.2) is 51.7 Å². The van der Waals surface area contributed by atoms with Crippen molar-refractivity contribution in [3.05, 3.63) is 74.4 Å². The minimum Gasteiger partial charge on any atom is -0.351 e. The normalized spacial score (nSPS) is 21.2. The fourth-order valence-corrected chi connectivity index (χ4v) is 5.50. The van der Waals surface area contributed by atoms with Crippen molar-refractivity contribution in [2.24, 2.45) is 0 Å². The Morgan fingerprint density at radius 2 is 1.74 bits per heavy atom. The molecule has 10 nitrogen and oxygen atoms in total. The monoisotopic (exact) mass is 549 g/mol. The lowest BCUT2D eigenvalue weighted by molar-refractivity contribution is -0.111. The summed E-state index contributed by atoms with van der Waals surface area (Å²) in [5, 5.41) is 16.2. The molecular formula is C28H32ClN7O3. The zero-order valence-electron chi connectivity index (χ0n) is 22.6. The number of piperazine rings is 1. The van der Waals surface area contributed by atoms with Crippen LogP contribution in [0.1, 0.15) is 63.4 Å². The van der Waals surface area contributed by atoms with Gasteiger partial charge >= 0.3 is 5.69 Å². The molecule has 2 aliphatic heterocycles. The summed E-state index contributed by atoms with van der Waals surface area (Å²) in [4.78, 5) is 42.5. The number of anilines is 2. The number of allylic oxidation sites excluding steroid dienone is 6. The molecule has 4 heterocycles. The van der Waals surface area contributed by atoms with E-state index in [9.17, 15) is 14.8 Å². The number of ketones is 1. The highest BCUT2D eigenvalue weighted by molar-refractivity contribution is 6.35. The maximum atomic E-state index is 14.0. The van der Waals surface area contributed by atoms with Crippen molar-refractivity contribution in [1.82, 2.24) is 24.8 Å². The van der Waals surface area contributed by atoms with Crippen LogP contribution in [-0.4, -0.2) is 56.2 Å². The highest BCUT2D eigenvalue weighted by Gasteiger charge is 2.36. The number of halogens is 1. The summed E-state index contributed by atoms with van der Waals surface area (Å²) in [6, 6.07) is 0.0372. The van der Waals surface area contributed by atoms with Crippen LogP contribution in [0.3, 0.4) is 0 Å². The van der Waals surface area contributed by atoms with E-state index in [4.69, 9.17) is 11.6 Å². The number of nitrogens with zero attached hydrogens (tertiary/aromatic N) is 6. The second-order valence-corrected chi connectivity index (χ2v) is 10.9. The standard InChI is InChI=1S/C28H32ClN7O3/c1-15(2)22-25(23(16(3)4)32-14-31-22)35-27-19(26(33-28(35)38)34-11-10-30-13-17(34)5)12-20(29)24(36(27)39)18-8-6-7-9-21(18)37/h6-9,12,14-17,30,39H,10-11,13H2,1-5H3/t17-/m0/s1. The average molecular weight is 550 g/mol. The third-order valence-corrected chi connectivity index (χ3v) is 7.40. The molecule has 0 aromatic carbocycles. The maximum absolute atomic E-state index is 14.0. The van der Waals surface area contributed by atoms with Gasteiger partial charge in [0.05, 0.1) is 27.7 Å². The van der Waals surface area contributed by atoms with Gasteiger partial charge in [-0.3, -0.25) is 10.0 Å². The summed E-state index contributed by atoms with van der Waals surface area (Å²) in [6.45, 7) is 12.0. The van der Waals surface area contributed by atoms with E-state index < -0.39 is 5.69 Å². The quantitative estimate of drug-likeness (QED) is 0.549. The van der Waals surface area contributed by atoms with E-state index in [0.717, 1.165) is 5.06 Å². The molecule has 5 rings (SSSR count). The predicted octanol–water partition coefficient (Wildman–Crippen LogP) is 3.81.